The van der Waals surface area contributed by atoms with Gasteiger partial charge in [0.2, 0.25) is 5.91 Å². The molecule has 1 aliphatic heterocycles. The van der Waals surface area contributed by atoms with Crippen molar-refractivity contribution in [3.8, 4) is 11.1 Å². The molecule has 28 heavy (non-hydrogen) atoms. The first-order valence-electron chi connectivity index (χ1n) is 9.91. The molecule has 0 saturated carbocycles. The number of benzene rings is 3. The number of amides is 1. The van der Waals surface area contributed by atoms with Gasteiger partial charge in [-0.3, -0.25) is 4.79 Å². The predicted octanol–water partition coefficient (Wildman–Crippen LogP) is 4.33. The SMILES string of the molecule is C[C@H](O)[C@@H]1CCC(=O)N1C1(c2ccccc2)c2ccccc2-c2ccccc21. The van der Waals surface area contributed by atoms with Gasteiger partial charge in [0.15, 0.2) is 0 Å². The van der Waals surface area contributed by atoms with Crippen LogP contribution in [-0.2, 0) is 10.3 Å². The Morgan fingerprint density at radius 1 is 0.893 bits per heavy atom. The van der Waals surface area contributed by atoms with E-state index in [1.807, 2.05) is 35.2 Å². The van der Waals surface area contributed by atoms with E-state index in [4.69, 9.17) is 0 Å². The average Bonchev–Trinajstić information content (AvgIpc) is 3.25. The third-order valence-corrected chi connectivity index (χ3v) is 6.29. The minimum absolute atomic E-state index is 0.0984. The molecule has 1 N–H and O–H groups in total. The Kier molecular flexibility index (Phi) is 3.88. The minimum atomic E-state index is -0.719. The molecule has 2 atom stereocenters. The van der Waals surface area contributed by atoms with Crippen LogP contribution in [0, 0.1) is 0 Å². The summed E-state index contributed by atoms with van der Waals surface area (Å²) in [7, 11) is 0. The maximum Gasteiger partial charge on any atom is 0.224 e. The van der Waals surface area contributed by atoms with Crippen molar-refractivity contribution in [2.24, 2.45) is 0 Å². The zero-order valence-electron chi connectivity index (χ0n) is 15.9. The molecule has 0 radical (unpaired) electrons. The largest absolute Gasteiger partial charge is 0.391 e. The molecule has 5 rings (SSSR count). The van der Waals surface area contributed by atoms with Gasteiger partial charge in [0.05, 0.1) is 12.1 Å². The molecule has 0 aromatic heterocycles. The molecule has 3 aromatic rings. The highest BCUT2D eigenvalue weighted by molar-refractivity contribution is 5.89. The number of aliphatic hydroxyl groups is 1. The lowest BCUT2D eigenvalue weighted by atomic mass is 9.78. The Labute approximate surface area is 165 Å². The summed E-state index contributed by atoms with van der Waals surface area (Å²) >= 11 is 0. The minimum Gasteiger partial charge on any atom is -0.391 e. The Bertz CT molecular complexity index is 996. The maximum atomic E-state index is 13.3. The second kappa shape index (κ2) is 6.32. The number of hydrogen-bond donors (Lipinski definition) is 1. The zero-order chi connectivity index (χ0) is 19.3. The molecule has 1 heterocycles. The first-order chi connectivity index (χ1) is 13.7. The van der Waals surface area contributed by atoms with Crippen molar-refractivity contribution in [3.63, 3.8) is 0 Å². The molecule has 3 nitrogen and oxygen atoms in total. The third-order valence-electron chi connectivity index (χ3n) is 6.29. The molecule has 140 valence electrons. The number of aliphatic hydroxyl groups excluding tert-OH is 1. The van der Waals surface area contributed by atoms with Crippen LogP contribution in [-0.4, -0.2) is 28.1 Å². The molecule has 0 unspecified atom stereocenters. The molecule has 0 spiro atoms. The fourth-order valence-corrected chi connectivity index (χ4v) is 5.20. The average molecular weight is 369 g/mol. The van der Waals surface area contributed by atoms with Crippen molar-refractivity contribution < 1.29 is 9.90 Å². The standard InChI is InChI=1S/C25H23NO2/c1-17(27)23-15-16-24(28)26(23)25(18-9-3-2-4-10-18)21-13-7-5-11-19(21)20-12-6-8-14-22(20)25/h2-14,17,23,27H,15-16H2,1H3/t17-,23-/m0/s1. The monoisotopic (exact) mass is 369 g/mol. The number of likely N-dealkylation sites (tertiary alicyclic amines) is 1. The summed E-state index contributed by atoms with van der Waals surface area (Å²) in [5.74, 6) is 0.0984. The smallest absolute Gasteiger partial charge is 0.224 e. The molecule has 1 amide bonds. The first-order valence-corrected chi connectivity index (χ1v) is 9.91. The van der Waals surface area contributed by atoms with E-state index in [9.17, 15) is 9.90 Å². The molecule has 1 aliphatic carbocycles. The van der Waals surface area contributed by atoms with Gasteiger partial charge in [-0.1, -0.05) is 78.9 Å². The molecule has 2 aliphatic rings. The van der Waals surface area contributed by atoms with Gasteiger partial charge in [0.25, 0.3) is 0 Å². The van der Waals surface area contributed by atoms with Gasteiger partial charge in [0, 0.05) is 6.42 Å². The van der Waals surface area contributed by atoms with Crippen LogP contribution in [0.1, 0.15) is 36.5 Å². The van der Waals surface area contributed by atoms with Crippen LogP contribution in [0.5, 0.6) is 0 Å². The molecule has 1 fully saturated rings. The van der Waals surface area contributed by atoms with Crippen molar-refractivity contribution >= 4 is 5.91 Å². The molecule has 3 heteroatoms. The molecular formula is C25H23NO2. The van der Waals surface area contributed by atoms with E-state index in [2.05, 4.69) is 48.5 Å². The quantitative estimate of drug-likeness (QED) is 0.746. The summed E-state index contributed by atoms with van der Waals surface area (Å²) in [6.45, 7) is 1.79. The molecule has 0 bridgehead atoms. The first kappa shape index (κ1) is 17.2. The molecular weight excluding hydrogens is 346 g/mol. The van der Waals surface area contributed by atoms with Gasteiger partial charge in [-0.15, -0.1) is 0 Å². The summed E-state index contributed by atoms with van der Waals surface area (Å²) in [5, 5.41) is 10.6. The fourth-order valence-electron chi connectivity index (χ4n) is 5.20. The van der Waals surface area contributed by atoms with Crippen LogP contribution >= 0.6 is 0 Å². The van der Waals surface area contributed by atoms with Gasteiger partial charge in [-0.05, 0) is 41.2 Å². The van der Waals surface area contributed by atoms with E-state index in [-0.39, 0.29) is 11.9 Å². The Morgan fingerprint density at radius 2 is 1.43 bits per heavy atom. The van der Waals surface area contributed by atoms with Crippen LogP contribution in [0.2, 0.25) is 0 Å². The van der Waals surface area contributed by atoms with Crippen molar-refractivity contribution in [1.29, 1.82) is 0 Å². The maximum absolute atomic E-state index is 13.3. The van der Waals surface area contributed by atoms with E-state index in [1.54, 1.807) is 6.92 Å². The van der Waals surface area contributed by atoms with E-state index >= 15 is 0 Å². The van der Waals surface area contributed by atoms with E-state index < -0.39 is 11.6 Å². The van der Waals surface area contributed by atoms with E-state index in [0.29, 0.717) is 12.8 Å². The van der Waals surface area contributed by atoms with Gasteiger partial charge in [-0.25, -0.2) is 0 Å². The highest BCUT2D eigenvalue weighted by Crippen LogP contribution is 2.56. The second-order valence-corrected chi connectivity index (χ2v) is 7.78. The van der Waals surface area contributed by atoms with Crippen LogP contribution in [0.3, 0.4) is 0 Å². The van der Waals surface area contributed by atoms with Gasteiger partial charge >= 0.3 is 0 Å². The van der Waals surface area contributed by atoms with Gasteiger partial charge in [0.1, 0.15) is 5.54 Å². The molecule has 3 aromatic carbocycles. The number of nitrogens with zero attached hydrogens (tertiary/aromatic N) is 1. The fraction of sp³-hybridized carbons (Fsp3) is 0.240. The van der Waals surface area contributed by atoms with Crippen molar-refractivity contribution in [3.05, 3.63) is 95.6 Å². The van der Waals surface area contributed by atoms with Crippen molar-refractivity contribution in [1.82, 2.24) is 4.90 Å². The number of carbonyl (C=O) groups excluding carboxylic acids is 1. The van der Waals surface area contributed by atoms with Gasteiger partial charge in [-0.2, -0.15) is 0 Å². The summed E-state index contributed by atoms with van der Waals surface area (Å²) in [5.41, 5.74) is 4.89. The summed E-state index contributed by atoms with van der Waals surface area (Å²) in [6, 6.07) is 26.8. The number of carbonyl (C=O) groups is 1. The van der Waals surface area contributed by atoms with Crippen LogP contribution in [0.25, 0.3) is 11.1 Å². The Hall–Kier alpha value is -2.91. The third kappa shape index (κ3) is 2.17. The zero-order valence-corrected chi connectivity index (χ0v) is 15.9. The number of hydrogen-bond acceptors (Lipinski definition) is 2. The Balaban J connectivity index is 1.91. The van der Waals surface area contributed by atoms with Crippen molar-refractivity contribution in [2.75, 3.05) is 0 Å². The van der Waals surface area contributed by atoms with Gasteiger partial charge < -0.3 is 10.0 Å². The molecule has 1 saturated heterocycles. The van der Waals surface area contributed by atoms with Crippen molar-refractivity contribution in [2.45, 2.75) is 37.5 Å². The lowest BCUT2D eigenvalue weighted by Crippen LogP contribution is -2.54. The van der Waals surface area contributed by atoms with Crippen LogP contribution in [0.4, 0.5) is 0 Å². The van der Waals surface area contributed by atoms with Crippen LogP contribution in [0.15, 0.2) is 78.9 Å². The number of fused-ring (bicyclic) bond motifs is 3. The van der Waals surface area contributed by atoms with Crippen LogP contribution < -0.4 is 0 Å². The predicted molar refractivity (Wildman–Crippen MR) is 110 cm³/mol. The highest BCUT2D eigenvalue weighted by Gasteiger charge is 2.55. The second-order valence-electron chi connectivity index (χ2n) is 7.78. The number of rotatable bonds is 3. The lowest BCUT2D eigenvalue weighted by molar-refractivity contribution is -0.134. The normalized spacial score (nSPS) is 20.7. The Morgan fingerprint density at radius 3 is 2.00 bits per heavy atom. The topological polar surface area (TPSA) is 40.5 Å². The highest BCUT2D eigenvalue weighted by atomic mass is 16.3. The van der Waals surface area contributed by atoms with E-state index in [0.717, 1.165) is 27.8 Å². The summed E-state index contributed by atoms with van der Waals surface area (Å²) < 4.78 is 0. The summed E-state index contributed by atoms with van der Waals surface area (Å²) in [4.78, 5) is 15.3. The lowest BCUT2D eigenvalue weighted by Gasteiger charge is -2.45. The summed E-state index contributed by atoms with van der Waals surface area (Å²) in [6.07, 6.45) is 0.552. The van der Waals surface area contributed by atoms with E-state index in [1.165, 1.54) is 0 Å².